The molecule has 0 atom stereocenters. The fourth-order valence-corrected chi connectivity index (χ4v) is 4.32. The van der Waals surface area contributed by atoms with Gasteiger partial charge in [0.25, 0.3) is 0 Å². The highest BCUT2D eigenvalue weighted by Gasteiger charge is 2.20. The highest BCUT2D eigenvalue weighted by Crippen LogP contribution is 2.18. The predicted octanol–water partition coefficient (Wildman–Crippen LogP) is 2.84. The Kier molecular flexibility index (Phi) is 6.66. The first-order valence-electron chi connectivity index (χ1n) is 9.63. The summed E-state index contributed by atoms with van der Waals surface area (Å²) in [7, 11) is 1.84. The zero-order valence-electron chi connectivity index (χ0n) is 16.7. The zero-order chi connectivity index (χ0) is 19.2. The van der Waals surface area contributed by atoms with Crippen LogP contribution >= 0.6 is 11.3 Å². The summed E-state index contributed by atoms with van der Waals surface area (Å²) in [5.74, 6) is 1.97. The summed E-state index contributed by atoms with van der Waals surface area (Å²) in [5, 5.41) is 8.15. The number of aryl methyl sites for hydroxylation is 3. The Morgan fingerprint density at radius 2 is 2.04 bits per heavy atom. The third-order valence-electron chi connectivity index (χ3n) is 4.92. The van der Waals surface area contributed by atoms with Crippen LogP contribution in [-0.4, -0.2) is 48.7 Å². The number of nitrogens with zero attached hydrogens (tertiary/aromatic N) is 4. The summed E-state index contributed by atoms with van der Waals surface area (Å²) >= 11 is 1.79. The van der Waals surface area contributed by atoms with E-state index in [4.69, 9.17) is 0 Å². The Morgan fingerprint density at radius 1 is 1.26 bits per heavy atom. The third kappa shape index (κ3) is 5.42. The van der Waals surface area contributed by atoms with Gasteiger partial charge in [-0.2, -0.15) is 0 Å². The van der Waals surface area contributed by atoms with Crippen LogP contribution in [0.3, 0.4) is 0 Å². The fraction of sp³-hybridized carbons (Fsp3) is 0.550. The lowest BCUT2D eigenvalue weighted by atomic mass is 10.1. The number of nitrogens with one attached hydrogen (secondary N) is 2. The van der Waals surface area contributed by atoms with Crippen molar-refractivity contribution < 1.29 is 0 Å². The normalized spacial score (nSPS) is 15.9. The molecular weight excluding hydrogens is 356 g/mol. The number of rotatable bonds is 5. The maximum absolute atomic E-state index is 4.55. The number of thiazole rings is 1. The van der Waals surface area contributed by atoms with Gasteiger partial charge in [0, 0.05) is 50.2 Å². The van der Waals surface area contributed by atoms with E-state index in [2.05, 4.69) is 63.4 Å². The van der Waals surface area contributed by atoms with Crippen molar-refractivity contribution in [2.24, 2.45) is 4.99 Å². The summed E-state index contributed by atoms with van der Waals surface area (Å²) in [6.45, 7) is 9.13. The van der Waals surface area contributed by atoms with Crippen LogP contribution in [0.15, 0.2) is 23.3 Å². The molecule has 1 fully saturated rings. The second-order valence-corrected chi connectivity index (χ2v) is 8.38. The summed E-state index contributed by atoms with van der Waals surface area (Å²) in [5.41, 5.74) is 2.35. The monoisotopic (exact) mass is 386 g/mol. The number of pyridine rings is 1. The molecule has 6 nitrogen and oxygen atoms in total. The van der Waals surface area contributed by atoms with Crippen molar-refractivity contribution >= 4 is 23.1 Å². The van der Waals surface area contributed by atoms with Crippen molar-refractivity contribution in [2.45, 2.75) is 46.1 Å². The molecule has 0 spiro atoms. The first-order valence-corrected chi connectivity index (χ1v) is 10.4. The van der Waals surface area contributed by atoms with Gasteiger partial charge >= 0.3 is 0 Å². The Hall–Kier alpha value is -2.15. The predicted molar refractivity (Wildman–Crippen MR) is 114 cm³/mol. The van der Waals surface area contributed by atoms with Gasteiger partial charge in [-0.3, -0.25) is 4.99 Å². The maximum Gasteiger partial charge on any atom is 0.191 e. The van der Waals surface area contributed by atoms with Crippen LogP contribution in [0.25, 0.3) is 0 Å². The van der Waals surface area contributed by atoms with Gasteiger partial charge in [-0.1, -0.05) is 6.07 Å². The number of hydrogen-bond donors (Lipinski definition) is 2. The number of anilines is 1. The molecule has 0 bridgehead atoms. The van der Waals surface area contributed by atoms with Gasteiger partial charge in [0.15, 0.2) is 5.96 Å². The summed E-state index contributed by atoms with van der Waals surface area (Å²) in [6, 6.07) is 4.70. The molecule has 2 N–H and O–H groups in total. The van der Waals surface area contributed by atoms with Crippen molar-refractivity contribution in [3.63, 3.8) is 0 Å². The van der Waals surface area contributed by atoms with Gasteiger partial charge < -0.3 is 15.5 Å². The number of aromatic nitrogens is 2. The number of piperidine rings is 1. The molecule has 2 aromatic heterocycles. The van der Waals surface area contributed by atoms with Crippen molar-refractivity contribution in [1.29, 1.82) is 0 Å². The van der Waals surface area contributed by atoms with Crippen LogP contribution in [0, 0.1) is 20.8 Å². The molecule has 0 radical (unpaired) electrons. The quantitative estimate of drug-likeness (QED) is 0.611. The Labute approximate surface area is 166 Å². The van der Waals surface area contributed by atoms with Gasteiger partial charge in [0.2, 0.25) is 0 Å². The minimum Gasteiger partial charge on any atom is -0.356 e. The van der Waals surface area contributed by atoms with E-state index in [1.165, 1.54) is 10.4 Å². The molecule has 0 aliphatic carbocycles. The molecule has 1 aliphatic heterocycles. The minimum atomic E-state index is 0.449. The van der Waals surface area contributed by atoms with Gasteiger partial charge in [0.1, 0.15) is 5.82 Å². The summed E-state index contributed by atoms with van der Waals surface area (Å²) < 4.78 is 0. The average Bonchev–Trinajstić information content (AvgIpc) is 2.99. The van der Waals surface area contributed by atoms with Gasteiger partial charge in [-0.25, -0.2) is 9.97 Å². The van der Waals surface area contributed by atoms with E-state index in [0.717, 1.165) is 61.4 Å². The maximum atomic E-state index is 4.55. The second-order valence-electron chi connectivity index (χ2n) is 7.09. The van der Waals surface area contributed by atoms with E-state index in [0.29, 0.717) is 6.04 Å². The Bertz CT molecular complexity index is 759. The van der Waals surface area contributed by atoms with E-state index in [1.807, 2.05) is 13.2 Å². The van der Waals surface area contributed by atoms with Crippen molar-refractivity contribution in [3.8, 4) is 0 Å². The van der Waals surface area contributed by atoms with E-state index < -0.39 is 0 Å². The number of aliphatic imine (C=N–C) groups is 1. The molecule has 1 saturated heterocycles. The van der Waals surface area contributed by atoms with Crippen LogP contribution in [0.5, 0.6) is 0 Å². The van der Waals surface area contributed by atoms with Crippen LogP contribution < -0.4 is 15.5 Å². The molecule has 3 heterocycles. The molecule has 1 aliphatic rings. The van der Waals surface area contributed by atoms with Crippen molar-refractivity contribution in [3.05, 3.63) is 39.5 Å². The van der Waals surface area contributed by atoms with Gasteiger partial charge in [0.05, 0.1) is 10.7 Å². The first-order chi connectivity index (χ1) is 13.0. The molecule has 0 saturated carbocycles. The van der Waals surface area contributed by atoms with Crippen molar-refractivity contribution in [1.82, 2.24) is 20.6 Å². The number of hydrogen-bond acceptors (Lipinski definition) is 5. The molecule has 0 amide bonds. The highest BCUT2D eigenvalue weighted by molar-refractivity contribution is 7.11. The lowest BCUT2D eigenvalue weighted by Gasteiger charge is -2.33. The van der Waals surface area contributed by atoms with Crippen molar-refractivity contribution in [2.75, 3.05) is 31.6 Å². The van der Waals surface area contributed by atoms with E-state index in [9.17, 15) is 0 Å². The molecule has 0 unspecified atom stereocenters. The Morgan fingerprint density at radius 3 is 2.63 bits per heavy atom. The number of guanidine groups is 1. The van der Waals surface area contributed by atoms with Gasteiger partial charge in [-0.05, 0) is 45.2 Å². The lowest BCUT2D eigenvalue weighted by molar-refractivity contribution is 0.459. The molecule has 7 heteroatoms. The standard InChI is InChI=1S/C20H30N6S/c1-14-5-6-19(23-13-14)26-11-8-17(9-12-26)25-20(21-4)22-10-7-18-15(2)24-16(3)27-18/h5-6,13,17H,7-12H2,1-4H3,(H2,21,22,25). The SMILES string of the molecule is CN=C(NCCc1sc(C)nc1C)NC1CCN(c2ccc(C)cn2)CC1. The molecule has 27 heavy (non-hydrogen) atoms. The van der Waals surface area contributed by atoms with E-state index in [1.54, 1.807) is 11.3 Å². The smallest absolute Gasteiger partial charge is 0.191 e. The van der Waals surface area contributed by atoms with E-state index in [-0.39, 0.29) is 0 Å². The zero-order valence-corrected chi connectivity index (χ0v) is 17.6. The highest BCUT2D eigenvalue weighted by atomic mass is 32.1. The fourth-order valence-electron chi connectivity index (χ4n) is 3.39. The minimum absolute atomic E-state index is 0.449. The molecule has 3 rings (SSSR count). The molecule has 146 valence electrons. The largest absolute Gasteiger partial charge is 0.356 e. The van der Waals surface area contributed by atoms with Crippen LogP contribution in [-0.2, 0) is 6.42 Å². The van der Waals surface area contributed by atoms with Crippen LogP contribution in [0.4, 0.5) is 5.82 Å². The lowest BCUT2D eigenvalue weighted by Crippen LogP contribution is -2.49. The molecular formula is C20H30N6S. The third-order valence-corrected chi connectivity index (χ3v) is 6.06. The molecule has 0 aromatic carbocycles. The first kappa shape index (κ1) is 19.6. The second kappa shape index (κ2) is 9.17. The molecule has 2 aromatic rings. The van der Waals surface area contributed by atoms with Crippen LogP contribution in [0.1, 0.15) is 34.0 Å². The van der Waals surface area contributed by atoms with E-state index >= 15 is 0 Å². The summed E-state index contributed by atoms with van der Waals surface area (Å²) in [4.78, 5) is 17.1. The topological polar surface area (TPSA) is 65.4 Å². The van der Waals surface area contributed by atoms with Crippen LogP contribution in [0.2, 0.25) is 0 Å². The summed E-state index contributed by atoms with van der Waals surface area (Å²) in [6.07, 6.45) is 5.10. The average molecular weight is 387 g/mol. The Balaban J connectivity index is 1.43. The van der Waals surface area contributed by atoms with Gasteiger partial charge in [-0.15, -0.1) is 11.3 Å².